The zero-order chi connectivity index (χ0) is 24.1. The highest BCUT2D eigenvalue weighted by molar-refractivity contribution is 7.66. The predicted octanol–water partition coefficient (Wildman–Crippen LogP) is 0.704. The van der Waals surface area contributed by atoms with Crippen LogP contribution < -0.4 is 5.73 Å². The van der Waals surface area contributed by atoms with Gasteiger partial charge in [-0.2, -0.15) is 8.62 Å². The second-order valence-corrected chi connectivity index (χ2v) is 11.6. The summed E-state index contributed by atoms with van der Waals surface area (Å²) in [7, 11) is -16.5. The van der Waals surface area contributed by atoms with Crippen LogP contribution in [0.1, 0.15) is 25.1 Å². The largest absolute Gasteiger partial charge is 0.490 e. The van der Waals surface area contributed by atoms with Crippen LogP contribution in [-0.2, 0) is 31.6 Å². The summed E-state index contributed by atoms with van der Waals surface area (Å²) in [5.74, 6) is 0.250. The van der Waals surface area contributed by atoms with E-state index < -0.39 is 48.0 Å². The van der Waals surface area contributed by atoms with Gasteiger partial charge in [-0.1, -0.05) is 0 Å². The average Bonchev–Trinajstić information content (AvgIpc) is 3.09. The van der Waals surface area contributed by atoms with E-state index in [9.17, 15) is 28.6 Å². The Morgan fingerprint density at radius 3 is 2.50 bits per heavy atom. The molecular weight excluding hydrogens is 497 g/mol. The molecule has 0 radical (unpaired) electrons. The number of anilines is 1. The van der Waals surface area contributed by atoms with Crippen molar-refractivity contribution in [1.29, 1.82) is 0 Å². The van der Waals surface area contributed by atoms with E-state index in [1.807, 2.05) is 0 Å². The monoisotopic (exact) mass is 518 g/mol. The standard InChI is InChI=1S/C13H21N4O12P3/c1-7-4-17(12-10(7)11(14)15-6-16-12)9-3-8(18)13(2,27-9)5-26-31(22,23)29-32(24,25)28-30(19,20)21/h4,6,8-9,18H,3,5H2,1-2H3,(H,22,23)(H,24,25)(H2,14,15,16)(H2,19,20,21)/t8-,9+,13+/m0/s1. The molecule has 2 aromatic rings. The maximum absolute atomic E-state index is 12.0. The molecule has 19 heteroatoms. The van der Waals surface area contributed by atoms with Crippen molar-refractivity contribution >= 4 is 40.3 Å². The minimum absolute atomic E-state index is 0.0172. The van der Waals surface area contributed by atoms with Crippen LogP contribution in [0.2, 0.25) is 0 Å². The number of hydrogen-bond acceptors (Lipinski definition) is 11. The summed E-state index contributed by atoms with van der Waals surface area (Å²) >= 11 is 0. The molecule has 0 saturated carbocycles. The number of ether oxygens (including phenoxy) is 1. The predicted molar refractivity (Wildman–Crippen MR) is 106 cm³/mol. The Balaban J connectivity index is 1.74. The van der Waals surface area contributed by atoms with E-state index in [1.165, 1.54) is 13.3 Å². The van der Waals surface area contributed by atoms with Crippen LogP contribution in [0.3, 0.4) is 0 Å². The Hall–Kier alpha value is -1.25. The number of aromatic nitrogens is 3. The lowest BCUT2D eigenvalue weighted by Crippen LogP contribution is -2.40. The third-order valence-corrected chi connectivity index (χ3v) is 8.39. The van der Waals surface area contributed by atoms with Crippen LogP contribution in [0.4, 0.5) is 5.82 Å². The fourth-order valence-corrected chi connectivity index (χ4v) is 6.32. The molecule has 3 heterocycles. The summed E-state index contributed by atoms with van der Waals surface area (Å²) in [5, 5.41) is 11.1. The number of nitrogens with two attached hydrogens (primary N) is 1. The van der Waals surface area contributed by atoms with Crippen molar-refractivity contribution in [2.75, 3.05) is 12.3 Å². The Morgan fingerprint density at radius 2 is 1.88 bits per heavy atom. The summed E-state index contributed by atoms with van der Waals surface area (Å²) in [6.45, 7) is 2.33. The topological polar surface area (TPSA) is 246 Å². The number of aliphatic hydroxyl groups is 1. The van der Waals surface area contributed by atoms with Crippen molar-refractivity contribution in [2.45, 2.75) is 38.2 Å². The number of aliphatic hydroxyl groups excluding tert-OH is 1. The first-order valence-corrected chi connectivity index (χ1v) is 13.3. The number of aryl methyl sites for hydroxylation is 1. The molecule has 1 aliphatic rings. The summed E-state index contributed by atoms with van der Waals surface area (Å²) < 4.78 is 53.4. The van der Waals surface area contributed by atoms with Crippen molar-refractivity contribution in [2.24, 2.45) is 0 Å². The summed E-state index contributed by atoms with van der Waals surface area (Å²) in [4.78, 5) is 44.1. The van der Waals surface area contributed by atoms with Crippen LogP contribution in [0.15, 0.2) is 12.5 Å². The number of fused-ring (bicyclic) bond motifs is 1. The molecule has 1 fully saturated rings. The molecule has 0 aromatic carbocycles. The summed E-state index contributed by atoms with van der Waals surface area (Å²) in [5.41, 5.74) is 5.48. The van der Waals surface area contributed by atoms with Crippen LogP contribution in [0.25, 0.3) is 11.0 Å². The zero-order valence-electron chi connectivity index (χ0n) is 16.6. The van der Waals surface area contributed by atoms with E-state index >= 15 is 0 Å². The van der Waals surface area contributed by atoms with Crippen LogP contribution >= 0.6 is 23.5 Å². The number of phosphoric acid groups is 3. The van der Waals surface area contributed by atoms with E-state index in [-0.39, 0.29) is 12.2 Å². The van der Waals surface area contributed by atoms with E-state index in [4.69, 9.17) is 20.3 Å². The van der Waals surface area contributed by atoms with Gasteiger partial charge in [0, 0.05) is 12.6 Å². The molecule has 0 amide bonds. The second-order valence-electron chi connectivity index (χ2n) is 7.18. The van der Waals surface area contributed by atoms with Gasteiger partial charge in [-0.3, -0.25) is 4.52 Å². The fraction of sp³-hybridized carbons (Fsp3) is 0.538. The van der Waals surface area contributed by atoms with E-state index in [2.05, 4.69) is 23.1 Å². The average molecular weight is 518 g/mol. The lowest BCUT2D eigenvalue weighted by molar-refractivity contribution is -0.112. The van der Waals surface area contributed by atoms with Crippen molar-refractivity contribution in [3.8, 4) is 0 Å². The molecule has 32 heavy (non-hydrogen) atoms. The van der Waals surface area contributed by atoms with Gasteiger partial charge in [0.25, 0.3) is 0 Å². The molecule has 2 unspecified atom stereocenters. The van der Waals surface area contributed by atoms with Gasteiger partial charge in [-0.05, 0) is 19.4 Å². The molecule has 180 valence electrons. The van der Waals surface area contributed by atoms with Gasteiger partial charge >= 0.3 is 23.5 Å². The normalized spacial score (nSPS) is 28.0. The number of nitrogens with zero attached hydrogens (tertiary/aromatic N) is 3. The highest BCUT2D eigenvalue weighted by Crippen LogP contribution is 2.66. The Labute approximate surface area is 180 Å². The molecule has 1 saturated heterocycles. The first kappa shape index (κ1) is 25.4. The second kappa shape index (κ2) is 8.51. The minimum Gasteiger partial charge on any atom is -0.390 e. The van der Waals surface area contributed by atoms with Gasteiger partial charge in [0.1, 0.15) is 29.6 Å². The highest BCUT2D eigenvalue weighted by atomic mass is 31.3. The van der Waals surface area contributed by atoms with Crippen LogP contribution in [-0.4, -0.2) is 57.5 Å². The van der Waals surface area contributed by atoms with Gasteiger partial charge in [-0.15, -0.1) is 0 Å². The lowest BCUT2D eigenvalue weighted by Gasteiger charge is -2.28. The van der Waals surface area contributed by atoms with E-state index in [1.54, 1.807) is 17.7 Å². The Morgan fingerprint density at radius 1 is 1.22 bits per heavy atom. The van der Waals surface area contributed by atoms with Crippen LogP contribution in [0.5, 0.6) is 0 Å². The number of hydrogen-bond donors (Lipinski definition) is 6. The SMILES string of the molecule is Cc1cn([C@H]2C[C@H](O)[C@@](C)(COP(=O)(O)OP(=O)(O)OP(=O)(O)O)O2)c2ncnc(N)c12. The number of rotatable bonds is 8. The smallest absolute Gasteiger partial charge is 0.390 e. The lowest BCUT2D eigenvalue weighted by atomic mass is 10.0. The Kier molecular flexibility index (Phi) is 6.75. The molecule has 7 N–H and O–H groups in total. The van der Waals surface area contributed by atoms with Gasteiger partial charge in [0.05, 0.1) is 18.1 Å². The van der Waals surface area contributed by atoms with Crippen molar-refractivity contribution in [3.05, 3.63) is 18.1 Å². The van der Waals surface area contributed by atoms with E-state index in [0.29, 0.717) is 11.0 Å². The summed E-state index contributed by atoms with van der Waals surface area (Å²) in [6, 6.07) is 0. The highest BCUT2D eigenvalue weighted by Gasteiger charge is 2.48. The molecule has 0 bridgehead atoms. The van der Waals surface area contributed by atoms with Crippen molar-refractivity contribution in [1.82, 2.24) is 14.5 Å². The van der Waals surface area contributed by atoms with Gasteiger partial charge < -0.3 is 39.7 Å². The third kappa shape index (κ3) is 5.62. The molecule has 2 aromatic heterocycles. The summed E-state index contributed by atoms with van der Waals surface area (Å²) in [6.07, 6.45) is 0.944. The van der Waals surface area contributed by atoms with Crippen molar-refractivity contribution < 1.29 is 56.3 Å². The van der Waals surface area contributed by atoms with Gasteiger partial charge in [-0.25, -0.2) is 23.7 Å². The van der Waals surface area contributed by atoms with Gasteiger partial charge in [0.15, 0.2) is 0 Å². The molecule has 0 spiro atoms. The fourth-order valence-electron chi connectivity index (χ4n) is 3.21. The maximum atomic E-state index is 12.0. The molecule has 16 nitrogen and oxygen atoms in total. The molecule has 3 rings (SSSR count). The van der Waals surface area contributed by atoms with E-state index in [0.717, 1.165) is 5.56 Å². The molecule has 1 aliphatic heterocycles. The third-order valence-electron chi connectivity index (χ3n) is 4.60. The molecule has 0 aliphatic carbocycles. The van der Waals surface area contributed by atoms with Gasteiger partial charge in [0.2, 0.25) is 0 Å². The van der Waals surface area contributed by atoms with Crippen molar-refractivity contribution in [3.63, 3.8) is 0 Å². The Bertz CT molecular complexity index is 1170. The maximum Gasteiger partial charge on any atom is 0.490 e. The first-order valence-electron chi connectivity index (χ1n) is 8.74. The zero-order valence-corrected chi connectivity index (χ0v) is 19.3. The molecule has 5 atom stereocenters. The minimum atomic E-state index is -5.66. The quantitative estimate of drug-likeness (QED) is 0.263. The number of nitrogen functional groups attached to an aromatic ring is 1. The molecular formula is C13H21N4O12P3. The number of phosphoric ester groups is 1. The van der Waals surface area contributed by atoms with Crippen LogP contribution in [0, 0.1) is 6.92 Å². The first-order chi connectivity index (χ1) is 14.5.